The Balaban J connectivity index is 1.73. The molecule has 172 valence electrons. The van der Waals surface area contributed by atoms with Gasteiger partial charge in [0.2, 0.25) is 0 Å². The SMILES string of the molecule is C[C@H]1C(=O)O[C@@]2(C(=O)N(Cc3ccccc3)c3ccc(Cl)cc32)[C@@H]([N+](=O)[O-])[C@@H]1c1ccccc1. The number of nitrogens with zero attached hydrogens (tertiary/aromatic N) is 2. The Hall–Kier alpha value is -3.71. The number of esters is 1. The highest BCUT2D eigenvalue weighted by atomic mass is 35.5. The lowest BCUT2D eigenvalue weighted by molar-refractivity contribution is -0.551. The Kier molecular flexibility index (Phi) is 5.37. The van der Waals surface area contributed by atoms with Gasteiger partial charge in [-0.05, 0) is 29.3 Å². The van der Waals surface area contributed by atoms with Crippen LogP contribution in [-0.4, -0.2) is 22.8 Å². The number of nitro groups is 1. The first-order chi connectivity index (χ1) is 16.3. The summed E-state index contributed by atoms with van der Waals surface area (Å²) in [6.07, 6.45) is 0. The highest BCUT2D eigenvalue weighted by Gasteiger charge is 2.70. The molecular formula is C26H21ClN2O5. The van der Waals surface area contributed by atoms with E-state index in [1.807, 2.05) is 30.3 Å². The van der Waals surface area contributed by atoms with E-state index in [4.69, 9.17) is 16.3 Å². The fourth-order valence-electron chi connectivity index (χ4n) is 5.18. The summed E-state index contributed by atoms with van der Waals surface area (Å²) in [6.45, 7) is 1.77. The van der Waals surface area contributed by atoms with E-state index in [-0.39, 0.29) is 12.1 Å². The molecule has 2 aliphatic rings. The van der Waals surface area contributed by atoms with Crippen molar-refractivity contribution < 1.29 is 19.2 Å². The lowest BCUT2D eigenvalue weighted by Crippen LogP contribution is -2.61. The van der Waals surface area contributed by atoms with Gasteiger partial charge in [-0.15, -0.1) is 0 Å². The van der Waals surface area contributed by atoms with Crippen LogP contribution in [0, 0.1) is 16.0 Å². The predicted octanol–water partition coefficient (Wildman–Crippen LogP) is 4.70. The fourth-order valence-corrected chi connectivity index (χ4v) is 5.36. The quantitative estimate of drug-likeness (QED) is 0.309. The summed E-state index contributed by atoms with van der Waals surface area (Å²) in [7, 11) is 0. The Morgan fingerprint density at radius 2 is 1.68 bits per heavy atom. The van der Waals surface area contributed by atoms with Gasteiger partial charge in [0.15, 0.2) is 0 Å². The van der Waals surface area contributed by atoms with Crippen molar-refractivity contribution in [3.05, 3.63) is 111 Å². The minimum absolute atomic E-state index is 0.170. The zero-order chi connectivity index (χ0) is 24.0. The van der Waals surface area contributed by atoms with Gasteiger partial charge in [0, 0.05) is 15.5 Å². The van der Waals surface area contributed by atoms with Gasteiger partial charge in [-0.3, -0.25) is 19.7 Å². The molecule has 34 heavy (non-hydrogen) atoms. The van der Waals surface area contributed by atoms with Gasteiger partial charge in [-0.25, -0.2) is 0 Å². The molecule has 1 amide bonds. The molecule has 2 heterocycles. The molecule has 3 aromatic carbocycles. The molecule has 8 heteroatoms. The number of hydrogen-bond donors (Lipinski definition) is 0. The second-order valence-corrected chi connectivity index (χ2v) is 9.09. The minimum Gasteiger partial charge on any atom is -0.436 e. The van der Waals surface area contributed by atoms with Crippen molar-refractivity contribution in [1.29, 1.82) is 0 Å². The number of benzene rings is 3. The molecule has 7 nitrogen and oxygen atoms in total. The van der Waals surface area contributed by atoms with Crippen molar-refractivity contribution in [2.45, 2.75) is 31.0 Å². The molecule has 4 atom stereocenters. The van der Waals surface area contributed by atoms with E-state index in [1.54, 1.807) is 49.4 Å². The van der Waals surface area contributed by atoms with Crippen LogP contribution in [0.25, 0.3) is 0 Å². The van der Waals surface area contributed by atoms with Crippen LogP contribution >= 0.6 is 11.6 Å². The fraction of sp³-hybridized carbons (Fsp3) is 0.231. The lowest BCUT2D eigenvalue weighted by Gasteiger charge is -2.41. The first-order valence-electron chi connectivity index (χ1n) is 10.9. The van der Waals surface area contributed by atoms with Crippen molar-refractivity contribution in [1.82, 2.24) is 0 Å². The number of fused-ring (bicyclic) bond motifs is 2. The van der Waals surface area contributed by atoms with Gasteiger partial charge in [-0.1, -0.05) is 79.2 Å². The van der Waals surface area contributed by atoms with Crippen LogP contribution in [0.2, 0.25) is 5.02 Å². The summed E-state index contributed by atoms with van der Waals surface area (Å²) < 4.78 is 5.80. The van der Waals surface area contributed by atoms with Crippen molar-refractivity contribution in [3.8, 4) is 0 Å². The van der Waals surface area contributed by atoms with Gasteiger partial charge in [-0.2, -0.15) is 0 Å². The molecule has 2 aliphatic heterocycles. The predicted molar refractivity (Wildman–Crippen MR) is 126 cm³/mol. The van der Waals surface area contributed by atoms with E-state index in [0.717, 1.165) is 5.56 Å². The number of amides is 1. The topological polar surface area (TPSA) is 89.8 Å². The lowest BCUT2D eigenvalue weighted by atomic mass is 9.70. The first-order valence-corrected chi connectivity index (χ1v) is 11.3. The van der Waals surface area contributed by atoms with Gasteiger partial charge in [0.25, 0.3) is 17.6 Å². The summed E-state index contributed by atoms with van der Waals surface area (Å²) >= 11 is 6.29. The average Bonchev–Trinajstić information content (AvgIpc) is 3.04. The van der Waals surface area contributed by atoms with Gasteiger partial charge in [0.05, 0.1) is 24.1 Å². The van der Waals surface area contributed by atoms with Crippen molar-refractivity contribution in [2.24, 2.45) is 5.92 Å². The molecule has 5 rings (SSSR count). The third kappa shape index (κ3) is 3.27. The number of carbonyl (C=O) groups is 2. The second-order valence-electron chi connectivity index (χ2n) is 8.65. The van der Waals surface area contributed by atoms with Crippen molar-refractivity contribution >= 4 is 29.2 Å². The monoisotopic (exact) mass is 476 g/mol. The third-order valence-electron chi connectivity index (χ3n) is 6.74. The van der Waals surface area contributed by atoms with Crippen molar-refractivity contribution in [2.75, 3.05) is 4.90 Å². The van der Waals surface area contributed by atoms with E-state index < -0.39 is 40.3 Å². The normalized spacial score (nSPS) is 25.8. The number of hydrogen-bond acceptors (Lipinski definition) is 5. The Bertz CT molecular complexity index is 1280. The molecule has 0 radical (unpaired) electrons. The van der Waals surface area contributed by atoms with E-state index in [2.05, 4.69) is 0 Å². The molecule has 0 aliphatic carbocycles. The minimum atomic E-state index is -2.12. The maximum atomic E-state index is 14.1. The largest absolute Gasteiger partial charge is 0.436 e. The third-order valence-corrected chi connectivity index (χ3v) is 6.97. The summed E-state index contributed by atoms with van der Waals surface area (Å²) in [5.41, 5.74) is -0.00180. The molecule has 0 bridgehead atoms. The van der Waals surface area contributed by atoms with E-state index in [0.29, 0.717) is 16.3 Å². The summed E-state index contributed by atoms with van der Waals surface area (Å²) in [4.78, 5) is 40.9. The number of rotatable bonds is 4. The number of anilines is 1. The summed E-state index contributed by atoms with van der Waals surface area (Å²) in [5, 5.41) is 13.0. The number of halogens is 1. The highest BCUT2D eigenvalue weighted by Crippen LogP contribution is 2.54. The van der Waals surface area contributed by atoms with Crippen LogP contribution in [0.3, 0.4) is 0 Å². The molecule has 1 spiro atoms. The van der Waals surface area contributed by atoms with Crippen molar-refractivity contribution in [3.63, 3.8) is 0 Å². The van der Waals surface area contributed by atoms with E-state index in [9.17, 15) is 19.7 Å². The Morgan fingerprint density at radius 3 is 2.32 bits per heavy atom. The molecule has 0 aromatic heterocycles. The maximum absolute atomic E-state index is 14.1. The van der Waals surface area contributed by atoms with Gasteiger partial charge in [0.1, 0.15) is 0 Å². The van der Waals surface area contributed by atoms with Crippen LogP contribution in [0.4, 0.5) is 5.69 Å². The standard InChI is InChI=1S/C26H21ClN2O5/c1-16-22(18-10-6-3-7-11-18)23(29(32)33)26(34-24(16)30)20-14-19(27)12-13-21(20)28(25(26)31)15-17-8-4-2-5-9-17/h2-14,16,22-23H,15H2,1H3/t16-,22+,23+,26-/m1/s1. The van der Waals surface area contributed by atoms with E-state index >= 15 is 0 Å². The molecule has 3 aromatic rings. The number of carbonyl (C=O) groups excluding carboxylic acids is 2. The molecule has 1 saturated heterocycles. The second kappa shape index (κ2) is 8.25. The van der Waals surface area contributed by atoms with Crippen LogP contribution in [0.15, 0.2) is 78.9 Å². The molecular weight excluding hydrogens is 456 g/mol. The van der Waals surface area contributed by atoms with E-state index in [1.165, 1.54) is 11.0 Å². The average molecular weight is 477 g/mol. The number of ether oxygens (including phenoxy) is 1. The molecule has 0 saturated carbocycles. The zero-order valence-electron chi connectivity index (χ0n) is 18.3. The summed E-state index contributed by atoms with van der Waals surface area (Å²) in [6, 6.07) is 21.3. The smallest absolute Gasteiger partial charge is 0.311 e. The highest BCUT2D eigenvalue weighted by molar-refractivity contribution is 6.31. The van der Waals surface area contributed by atoms with Gasteiger partial charge < -0.3 is 9.64 Å². The molecule has 1 fully saturated rings. The van der Waals surface area contributed by atoms with Crippen LogP contribution < -0.4 is 4.90 Å². The molecule has 0 N–H and O–H groups in total. The van der Waals surface area contributed by atoms with Gasteiger partial charge >= 0.3 is 5.97 Å². The molecule has 0 unspecified atom stereocenters. The van der Waals surface area contributed by atoms with Crippen LogP contribution in [0.5, 0.6) is 0 Å². The van der Waals surface area contributed by atoms with Crippen LogP contribution in [0.1, 0.15) is 29.5 Å². The summed E-state index contributed by atoms with van der Waals surface area (Å²) in [5.74, 6) is -2.99. The Morgan fingerprint density at radius 1 is 1.03 bits per heavy atom. The van der Waals surface area contributed by atoms with Crippen LogP contribution in [-0.2, 0) is 26.5 Å². The maximum Gasteiger partial charge on any atom is 0.311 e. The Labute approximate surface area is 201 Å². The first kappa shape index (κ1) is 22.1. The zero-order valence-corrected chi connectivity index (χ0v) is 19.0.